The van der Waals surface area contributed by atoms with E-state index in [9.17, 15) is 40.7 Å². The van der Waals surface area contributed by atoms with Crippen LogP contribution >= 0.6 is 0 Å². The van der Waals surface area contributed by atoms with Gasteiger partial charge in [-0.2, -0.15) is 0 Å². The zero-order valence-electron chi connectivity index (χ0n) is 24.9. The predicted octanol–water partition coefficient (Wildman–Crippen LogP) is 6.15. The van der Waals surface area contributed by atoms with E-state index in [1.807, 2.05) is 30.3 Å². The number of nitro benzene ring substituents is 2. The summed E-state index contributed by atoms with van der Waals surface area (Å²) in [7, 11) is 0. The molecule has 6 aromatic rings. The third kappa shape index (κ3) is 8.30. The Bertz CT molecular complexity index is 2200. The van der Waals surface area contributed by atoms with Crippen molar-refractivity contribution in [3.8, 4) is 23.0 Å². The van der Waals surface area contributed by atoms with E-state index < -0.39 is 9.85 Å². The molecule has 4 N–H and O–H groups in total. The van der Waals surface area contributed by atoms with E-state index in [2.05, 4.69) is 20.5 Å². The van der Waals surface area contributed by atoms with E-state index in [0.29, 0.717) is 10.8 Å². The molecule has 0 aliphatic carbocycles. The summed E-state index contributed by atoms with van der Waals surface area (Å²) in [5.41, 5.74) is 0.0673. The number of phenolic OH excluding ortho intramolecular Hbond substituents is 4. The summed E-state index contributed by atoms with van der Waals surface area (Å²) in [5.74, 6) is -0.715. The van der Waals surface area contributed by atoms with Gasteiger partial charge in [0.2, 0.25) is 0 Å². The van der Waals surface area contributed by atoms with Gasteiger partial charge in [-0.15, -0.1) is 20.5 Å². The predicted molar refractivity (Wildman–Crippen MR) is 169 cm³/mol. The Morgan fingerprint density at radius 2 is 0.917 bits per heavy atom. The molecular weight excluding hydrogens is 655 g/mol. The molecule has 0 aliphatic heterocycles. The fourth-order valence-corrected chi connectivity index (χ4v) is 4.32. The summed E-state index contributed by atoms with van der Waals surface area (Å²) < 4.78 is 0. The molecule has 0 aliphatic rings. The standard InChI is InChI=1S/2C16H11N3O4.Cr.Li/c20-14-8-5-10-3-1-2-4-12(10)16(14)18-17-13-7-6-11(19(22)23)9-15(13)21;20-14-8-6-11(19(22)23)9-13(14)17-18-16-12-4-2-1-3-10(12)5-7-15(16)21;;/h2*1-9,20-21H;;/q;;;+1. The van der Waals surface area contributed by atoms with E-state index in [-0.39, 0.29) is 93.3 Å². The largest absolute Gasteiger partial charge is 1.00 e. The number of fused-ring (bicyclic) bond motifs is 2. The summed E-state index contributed by atoms with van der Waals surface area (Å²) >= 11 is 0. The second-order valence-corrected chi connectivity index (χ2v) is 9.57. The van der Waals surface area contributed by atoms with E-state index >= 15 is 0 Å². The van der Waals surface area contributed by atoms with Crippen molar-refractivity contribution in [1.29, 1.82) is 0 Å². The van der Waals surface area contributed by atoms with E-state index in [1.165, 1.54) is 36.4 Å². The average Bonchev–Trinajstić information content (AvgIpc) is 3.05. The Morgan fingerprint density at radius 1 is 0.479 bits per heavy atom. The van der Waals surface area contributed by atoms with Gasteiger partial charge in [0.05, 0.1) is 15.9 Å². The molecule has 0 radical (unpaired) electrons. The maximum absolute atomic E-state index is 10.8. The number of phenols is 4. The van der Waals surface area contributed by atoms with Crippen molar-refractivity contribution in [2.75, 3.05) is 0 Å². The summed E-state index contributed by atoms with van der Waals surface area (Å²) in [6.07, 6.45) is 0. The second kappa shape index (κ2) is 16.1. The van der Waals surface area contributed by atoms with E-state index in [0.717, 1.165) is 22.9 Å². The van der Waals surface area contributed by atoms with Crippen LogP contribution in [0.25, 0.3) is 21.5 Å². The topological polar surface area (TPSA) is 217 Å². The van der Waals surface area contributed by atoms with Crippen LogP contribution in [0.15, 0.2) is 130 Å². The number of hydrogen-bond donors (Lipinski definition) is 4. The summed E-state index contributed by atoms with van der Waals surface area (Å²) in [5, 5.41) is 79.7. The molecule has 0 spiro atoms. The van der Waals surface area contributed by atoms with Crippen LogP contribution in [0.5, 0.6) is 23.0 Å². The normalized spacial score (nSPS) is 10.7. The van der Waals surface area contributed by atoms with Crippen molar-refractivity contribution in [2.24, 2.45) is 20.5 Å². The number of aromatic hydroxyl groups is 4. The van der Waals surface area contributed by atoms with Crippen LogP contribution in [0.2, 0.25) is 0 Å². The number of hydrogen-bond acceptors (Lipinski definition) is 12. The molecule has 0 aromatic heterocycles. The van der Waals surface area contributed by atoms with Gasteiger partial charge >= 0.3 is 18.9 Å². The molecule has 0 saturated carbocycles. The van der Waals surface area contributed by atoms with Gasteiger partial charge in [0, 0.05) is 46.3 Å². The summed E-state index contributed by atoms with van der Waals surface area (Å²) in [6, 6.07) is 28.1. The SMILES string of the molecule is O=[N+]([O-])c1ccc(N=Nc2c(O)ccc3ccccc23)c(O)c1.O=[N+]([O-])c1ccc(O)c(N=Nc2c(O)ccc3ccccc23)c1.[Cr].[Li+]. The van der Waals surface area contributed by atoms with Gasteiger partial charge in [-0.3, -0.25) is 20.2 Å². The Morgan fingerprint density at radius 3 is 1.42 bits per heavy atom. The van der Waals surface area contributed by atoms with Crippen LogP contribution < -0.4 is 18.9 Å². The molecular formula is C32H22CrLiN6O8+. The first kappa shape index (κ1) is 36.6. The van der Waals surface area contributed by atoms with Crippen molar-refractivity contribution in [1.82, 2.24) is 0 Å². The number of azo groups is 2. The minimum Gasteiger partial charge on any atom is -0.506 e. The van der Waals surface area contributed by atoms with Crippen LogP contribution in [-0.2, 0) is 17.4 Å². The van der Waals surface area contributed by atoms with Gasteiger partial charge in [0.25, 0.3) is 11.4 Å². The molecule has 0 amide bonds. The van der Waals surface area contributed by atoms with Gasteiger partial charge in [-0.25, -0.2) is 0 Å². The number of non-ortho nitro benzene ring substituents is 2. The molecule has 0 unspecified atom stereocenters. The van der Waals surface area contributed by atoms with Crippen molar-refractivity contribution in [3.63, 3.8) is 0 Å². The Hall–Kier alpha value is -5.83. The van der Waals surface area contributed by atoms with Gasteiger partial charge in [-0.05, 0) is 35.0 Å². The molecule has 14 nitrogen and oxygen atoms in total. The number of nitrogens with zero attached hydrogens (tertiary/aromatic N) is 6. The third-order valence-electron chi connectivity index (χ3n) is 6.61. The quantitative estimate of drug-likeness (QED) is 0.0692. The fourth-order valence-electron chi connectivity index (χ4n) is 4.32. The smallest absolute Gasteiger partial charge is 0.506 e. The van der Waals surface area contributed by atoms with Crippen LogP contribution in [0.4, 0.5) is 34.1 Å². The molecule has 0 saturated heterocycles. The van der Waals surface area contributed by atoms with Gasteiger partial charge in [0.15, 0.2) is 0 Å². The van der Waals surface area contributed by atoms with E-state index in [4.69, 9.17) is 0 Å². The van der Waals surface area contributed by atoms with Gasteiger partial charge in [-0.1, -0.05) is 60.7 Å². The molecule has 234 valence electrons. The van der Waals surface area contributed by atoms with Crippen molar-refractivity contribution < 1.29 is 66.5 Å². The molecule has 0 fully saturated rings. The molecule has 48 heavy (non-hydrogen) atoms. The van der Waals surface area contributed by atoms with E-state index in [1.54, 1.807) is 30.3 Å². The number of benzene rings is 6. The maximum atomic E-state index is 10.8. The van der Waals surface area contributed by atoms with Crippen LogP contribution in [-0.4, -0.2) is 30.3 Å². The zero-order valence-corrected chi connectivity index (χ0v) is 26.2. The molecule has 0 atom stereocenters. The minimum atomic E-state index is -0.614. The van der Waals surface area contributed by atoms with Gasteiger partial charge < -0.3 is 20.4 Å². The zero-order chi connectivity index (χ0) is 32.8. The average molecular weight is 677 g/mol. The number of rotatable bonds is 6. The maximum Gasteiger partial charge on any atom is 1.00 e. The Balaban J connectivity index is 0.000000250. The molecule has 16 heteroatoms. The van der Waals surface area contributed by atoms with Gasteiger partial charge in [0.1, 0.15) is 45.7 Å². The Labute approximate surface area is 294 Å². The van der Waals surface area contributed by atoms with Crippen molar-refractivity contribution in [3.05, 3.63) is 129 Å². The first-order chi connectivity index (χ1) is 22.1. The monoisotopic (exact) mass is 677 g/mol. The third-order valence-corrected chi connectivity index (χ3v) is 6.61. The molecule has 0 heterocycles. The first-order valence-electron chi connectivity index (χ1n) is 13.3. The van der Waals surface area contributed by atoms with Crippen LogP contribution in [0.3, 0.4) is 0 Å². The molecule has 6 aromatic carbocycles. The first-order valence-corrected chi connectivity index (χ1v) is 13.3. The van der Waals surface area contributed by atoms with Crippen molar-refractivity contribution >= 4 is 55.7 Å². The summed E-state index contributed by atoms with van der Waals surface area (Å²) in [4.78, 5) is 20.2. The summed E-state index contributed by atoms with van der Waals surface area (Å²) in [6.45, 7) is 0. The van der Waals surface area contributed by atoms with Crippen LogP contribution in [0, 0.1) is 20.2 Å². The number of nitro groups is 2. The van der Waals surface area contributed by atoms with Crippen LogP contribution in [0.1, 0.15) is 0 Å². The molecule has 0 bridgehead atoms. The minimum absolute atomic E-state index is 0. The fraction of sp³-hybridized carbons (Fsp3) is 0. The van der Waals surface area contributed by atoms with Crippen molar-refractivity contribution in [2.45, 2.75) is 0 Å². The molecule has 6 rings (SSSR count). The second-order valence-electron chi connectivity index (χ2n) is 9.57. The Kier molecular flexibility index (Phi) is 12.3.